The highest BCUT2D eigenvalue weighted by atomic mass is 15.1. The molecule has 0 radical (unpaired) electrons. The molecule has 0 spiro atoms. The minimum absolute atomic E-state index is 0.514. The second-order valence-corrected chi connectivity index (χ2v) is 24.5. The van der Waals surface area contributed by atoms with Gasteiger partial charge in [0.2, 0.25) is 0 Å². The number of aromatic nitrogens is 8. The number of hydrogen-bond donors (Lipinski definition) is 0. The molecule has 12 aromatic carbocycles. The molecule has 0 bridgehead atoms. The first-order valence-corrected chi connectivity index (χ1v) is 32.2. The second-order valence-electron chi connectivity index (χ2n) is 24.5. The molecule has 0 N–H and O–H groups in total. The fourth-order valence-electron chi connectivity index (χ4n) is 14.2. The summed E-state index contributed by atoms with van der Waals surface area (Å²) in [5.74, 6) is 1.04. The topological polar surface area (TPSA) is 79.2 Å². The van der Waals surface area contributed by atoms with Crippen LogP contribution in [0.15, 0.2) is 315 Å². The maximum Gasteiger partial charge on any atom is 0.164 e. The first kappa shape index (κ1) is 55.2. The van der Waals surface area contributed by atoms with Crippen LogP contribution < -0.4 is 0 Å². The lowest BCUT2D eigenvalue weighted by atomic mass is 9.97. The van der Waals surface area contributed by atoms with Gasteiger partial charge in [0.05, 0.1) is 89.9 Å². The molecule has 0 aliphatic carbocycles. The molecule has 0 aliphatic heterocycles. The lowest BCUT2D eigenvalue weighted by Gasteiger charge is -2.26. The fraction of sp³-hybridized carbons (Fsp3) is 0.0230. The van der Waals surface area contributed by atoms with Crippen LogP contribution in [-0.4, -0.2) is 38.6 Å². The molecule has 0 aliphatic rings. The third-order valence-electron chi connectivity index (χ3n) is 18.6. The van der Waals surface area contributed by atoms with E-state index in [-0.39, 0.29) is 0 Å². The molecule has 0 unspecified atom stereocenters. The van der Waals surface area contributed by atoms with Crippen LogP contribution >= 0.6 is 0 Å². The van der Waals surface area contributed by atoms with Crippen LogP contribution in [0.1, 0.15) is 11.1 Å². The third-order valence-corrected chi connectivity index (χ3v) is 18.6. The molecule has 6 heterocycles. The summed E-state index contributed by atoms with van der Waals surface area (Å²) in [6.07, 6.45) is 0. The Morgan fingerprint density at radius 1 is 0.221 bits per heavy atom. The molecule has 0 fully saturated rings. The van der Waals surface area contributed by atoms with Gasteiger partial charge in [-0.1, -0.05) is 242 Å². The lowest BCUT2D eigenvalue weighted by molar-refractivity contribution is 1.06. The summed E-state index contributed by atoms with van der Waals surface area (Å²) < 4.78 is 7.42. The Labute approximate surface area is 548 Å². The Balaban J connectivity index is 1.10. The highest BCUT2D eigenvalue weighted by molar-refractivity contribution is 6.16. The van der Waals surface area contributed by atoms with Gasteiger partial charge in [-0.15, -0.1) is 0 Å². The van der Waals surface area contributed by atoms with Crippen molar-refractivity contribution in [1.29, 1.82) is 0 Å². The summed E-state index contributed by atoms with van der Waals surface area (Å²) in [5, 5.41) is 6.63. The number of nitrogens with zero attached hydrogens (tertiary/aromatic N) is 8. The maximum atomic E-state index is 5.99. The van der Waals surface area contributed by atoms with Crippen LogP contribution in [0.4, 0.5) is 0 Å². The summed E-state index contributed by atoms with van der Waals surface area (Å²) in [6.45, 7) is 4.36. The van der Waals surface area contributed by atoms with E-state index in [1.54, 1.807) is 0 Å². The number of fused-ring (bicyclic) bond motifs is 9. The Bertz CT molecular complexity index is 5920. The molecule has 8 nitrogen and oxygen atoms in total. The highest BCUT2D eigenvalue weighted by Crippen LogP contribution is 2.50. The molecule has 0 atom stereocenters. The molecular weight excluding hydrogens is 1160 g/mol. The van der Waals surface area contributed by atoms with Crippen molar-refractivity contribution in [2.45, 2.75) is 13.8 Å². The van der Waals surface area contributed by atoms with Gasteiger partial charge in [0, 0.05) is 71.3 Å². The summed E-state index contributed by atoms with van der Waals surface area (Å²) >= 11 is 0. The maximum absolute atomic E-state index is 5.99. The zero-order chi connectivity index (χ0) is 63.1. The Kier molecular flexibility index (Phi) is 13.2. The Hall–Kier alpha value is -12.7. The normalized spacial score (nSPS) is 11.7. The van der Waals surface area contributed by atoms with Gasteiger partial charge in [0.1, 0.15) is 0 Å². The molecule has 8 heteroatoms. The smallest absolute Gasteiger partial charge is 0.164 e. The summed E-state index contributed by atoms with van der Waals surface area (Å²) in [5.41, 5.74) is 23.3. The number of rotatable bonds is 11. The van der Waals surface area contributed by atoms with Crippen LogP contribution in [0.25, 0.3) is 173 Å². The van der Waals surface area contributed by atoms with Gasteiger partial charge in [-0.05, 0) is 98.8 Å². The van der Waals surface area contributed by atoms with E-state index in [0.717, 1.165) is 167 Å². The van der Waals surface area contributed by atoms with Crippen molar-refractivity contribution in [2.24, 2.45) is 0 Å². The van der Waals surface area contributed by atoms with Crippen LogP contribution in [0, 0.1) is 13.8 Å². The molecule has 446 valence electrons. The predicted molar refractivity (Wildman–Crippen MR) is 391 cm³/mol. The summed E-state index contributed by atoms with van der Waals surface area (Å²) in [6, 6.07) is 112. The van der Waals surface area contributed by atoms with Gasteiger partial charge in [0.15, 0.2) is 11.6 Å². The average molecular weight is 1220 g/mol. The number of benzene rings is 12. The molecule has 95 heavy (non-hydrogen) atoms. The quantitative estimate of drug-likeness (QED) is 0.129. The molecule has 18 rings (SSSR count). The second kappa shape index (κ2) is 22.6. The number of aryl methyl sites for hydroxylation is 2. The lowest BCUT2D eigenvalue weighted by Crippen LogP contribution is -2.13. The molecule has 0 saturated carbocycles. The van der Waals surface area contributed by atoms with Crippen molar-refractivity contribution in [3.05, 3.63) is 327 Å². The fourth-order valence-corrected chi connectivity index (χ4v) is 14.2. The minimum atomic E-state index is 0.514. The van der Waals surface area contributed by atoms with Gasteiger partial charge in [-0.2, -0.15) is 0 Å². The van der Waals surface area contributed by atoms with Gasteiger partial charge < -0.3 is 13.7 Å². The van der Waals surface area contributed by atoms with Crippen molar-refractivity contribution in [3.63, 3.8) is 0 Å². The molecule has 6 aromatic heterocycles. The average Bonchev–Trinajstić information content (AvgIpc) is 1.29. The van der Waals surface area contributed by atoms with E-state index in [2.05, 4.69) is 337 Å². The number of para-hydroxylation sites is 3. The zero-order valence-corrected chi connectivity index (χ0v) is 52.1. The van der Waals surface area contributed by atoms with Crippen molar-refractivity contribution in [2.75, 3.05) is 0 Å². The zero-order valence-electron chi connectivity index (χ0n) is 52.1. The largest absolute Gasteiger partial charge is 0.308 e. The van der Waals surface area contributed by atoms with E-state index in [1.165, 1.54) is 5.56 Å². The molecular formula is C87H58N8. The van der Waals surface area contributed by atoms with Crippen molar-refractivity contribution >= 4 is 65.4 Å². The van der Waals surface area contributed by atoms with E-state index < -0.39 is 0 Å². The molecule has 18 aromatic rings. The Morgan fingerprint density at radius 3 is 1.03 bits per heavy atom. The first-order valence-electron chi connectivity index (χ1n) is 32.2. The van der Waals surface area contributed by atoms with Crippen molar-refractivity contribution < 1.29 is 0 Å². The van der Waals surface area contributed by atoms with Gasteiger partial charge >= 0.3 is 0 Å². The molecule has 0 saturated heterocycles. The van der Waals surface area contributed by atoms with Gasteiger partial charge in [-0.3, -0.25) is 0 Å². The Morgan fingerprint density at radius 2 is 0.568 bits per heavy atom. The SMILES string of the molecule is Cc1ccc2c(c1)c1ccccc1n2-c1cc(-c2nc(-c3ccccc3)cc(-c3ccccc3)n2)c(-n2c3ccccc3c3cc(-c4cccc(-c5ccccc5)n4)ccc32)c(-c2nc(-c3ccccc3)cc(-c3ccccc3)n2)c1-n1c2ccccc2c2cc(C)ccc21. The van der Waals surface area contributed by atoms with Crippen LogP contribution in [0.5, 0.6) is 0 Å². The summed E-state index contributed by atoms with van der Waals surface area (Å²) in [4.78, 5) is 29.0. The first-order chi connectivity index (χ1) is 46.9. The monoisotopic (exact) mass is 1210 g/mol. The highest BCUT2D eigenvalue weighted by Gasteiger charge is 2.33. The molecule has 0 amide bonds. The van der Waals surface area contributed by atoms with E-state index in [0.29, 0.717) is 11.6 Å². The minimum Gasteiger partial charge on any atom is -0.308 e. The van der Waals surface area contributed by atoms with Gasteiger partial charge in [-0.25, -0.2) is 24.9 Å². The van der Waals surface area contributed by atoms with Crippen molar-refractivity contribution in [1.82, 2.24) is 38.6 Å². The van der Waals surface area contributed by atoms with Crippen LogP contribution in [-0.2, 0) is 0 Å². The van der Waals surface area contributed by atoms with E-state index >= 15 is 0 Å². The predicted octanol–water partition coefficient (Wildman–Crippen LogP) is 21.9. The third kappa shape index (κ3) is 9.41. The van der Waals surface area contributed by atoms with Crippen LogP contribution in [0.3, 0.4) is 0 Å². The van der Waals surface area contributed by atoms with E-state index in [9.17, 15) is 0 Å². The number of pyridine rings is 1. The standard InChI is InChI=1S/C87H58N8/c1-55-43-46-79-66(49-55)63-35-18-21-40-76(63)93(79)82-52-69(86-89-72(58-27-10-4-11-28-58)53-73(90-86)59-29-12-5-13-30-59)84(94-77-41-22-20-37-65(77)68-51-62(45-48-81(68)94)71-39-24-38-70(88-71)57-25-8-3-9-26-57)83(85(82)95-78-42-23-19-36-64(78)67-50-56(2)44-47-80(67)95)87-91-74(60-31-14-6-15-32-60)54-75(92-87)61-33-16-7-17-34-61/h3-54H,1-2H3. The van der Waals surface area contributed by atoms with Crippen molar-refractivity contribution in [3.8, 4) is 107 Å². The van der Waals surface area contributed by atoms with Crippen LogP contribution in [0.2, 0.25) is 0 Å². The van der Waals surface area contributed by atoms with E-state index in [4.69, 9.17) is 24.9 Å². The van der Waals surface area contributed by atoms with E-state index in [1.807, 2.05) is 6.07 Å². The summed E-state index contributed by atoms with van der Waals surface area (Å²) in [7, 11) is 0. The number of hydrogen-bond acceptors (Lipinski definition) is 5. The van der Waals surface area contributed by atoms with Gasteiger partial charge in [0.25, 0.3) is 0 Å².